The lowest BCUT2D eigenvalue weighted by Crippen LogP contribution is -2.30. The Balaban J connectivity index is 1.70. The van der Waals surface area contributed by atoms with Gasteiger partial charge in [0.15, 0.2) is 0 Å². The molecule has 0 atom stereocenters. The van der Waals surface area contributed by atoms with Crippen LogP contribution in [0.1, 0.15) is 34.9 Å². The van der Waals surface area contributed by atoms with Crippen molar-refractivity contribution in [2.75, 3.05) is 0 Å². The number of halogens is 1. The second-order valence-electron chi connectivity index (χ2n) is 6.49. The van der Waals surface area contributed by atoms with Crippen LogP contribution in [0.25, 0.3) is 0 Å². The summed E-state index contributed by atoms with van der Waals surface area (Å²) in [6.07, 6.45) is 5.78. The molecule has 0 bridgehead atoms. The summed E-state index contributed by atoms with van der Waals surface area (Å²) in [5.74, 6) is 0.142. The third-order valence-corrected chi connectivity index (χ3v) is 5.76. The number of nitrogens with zero attached hydrogens (tertiary/aromatic N) is 2. The lowest BCUT2D eigenvalue weighted by molar-refractivity contribution is -0.132. The second kappa shape index (κ2) is 9.67. The fourth-order valence-electron chi connectivity index (χ4n) is 2.92. The molecule has 0 saturated heterocycles. The largest absolute Gasteiger partial charge is 0.334 e. The number of carbonyl (C=O) groups is 1. The van der Waals surface area contributed by atoms with Gasteiger partial charge < -0.3 is 4.90 Å². The third kappa shape index (κ3) is 5.91. The predicted molar refractivity (Wildman–Crippen MR) is 112 cm³/mol. The number of benzene rings is 1. The highest BCUT2D eigenvalue weighted by Crippen LogP contribution is 2.23. The van der Waals surface area contributed by atoms with Crippen LogP contribution in [0.15, 0.2) is 60.9 Å². The minimum absolute atomic E-state index is 0.142. The first-order valence-corrected chi connectivity index (χ1v) is 10.3. The molecule has 3 rings (SSSR count). The van der Waals surface area contributed by atoms with Crippen LogP contribution in [0.3, 0.4) is 0 Å². The van der Waals surface area contributed by atoms with Crippen molar-refractivity contribution >= 4 is 28.8 Å². The molecule has 0 fully saturated rings. The second-order valence-corrected chi connectivity index (χ2v) is 8.29. The van der Waals surface area contributed by atoms with Crippen LogP contribution >= 0.6 is 22.9 Å². The molecular formula is C22H23ClN2OS. The van der Waals surface area contributed by atoms with E-state index < -0.39 is 0 Å². The van der Waals surface area contributed by atoms with Crippen LogP contribution in [-0.4, -0.2) is 15.8 Å². The van der Waals surface area contributed by atoms with Crippen molar-refractivity contribution in [3.05, 3.63) is 86.8 Å². The van der Waals surface area contributed by atoms with Gasteiger partial charge in [0, 0.05) is 36.8 Å². The number of thiophene rings is 1. The van der Waals surface area contributed by atoms with Gasteiger partial charge in [0.05, 0.1) is 4.34 Å². The fraction of sp³-hybridized carbons (Fsp3) is 0.273. The van der Waals surface area contributed by atoms with E-state index in [2.05, 4.69) is 36.2 Å². The van der Waals surface area contributed by atoms with Gasteiger partial charge in [-0.15, -0.1) is 11.3 Å². The lowest BCUT2D eigenvalue weighted by Gasteiger charge is -2.23. The first-order chi connectivity index (χ1) is 13.1. The Morgan fingerprint density at radius 1 is 1.04 bits per heavy atom. The Morgan fingerprint density at radius 2 is 1.78 bits per heavy atom. The van der Waals surface area contributed by atoms with E-state index in [1.807, 2.05) is 35.4 Å². The zero-order valence-corrected chi connectivity index (χ0v) is 17.0. The van der Waals surface area contributed by atoms with Gasteiger partial charge in [0.1, 0.15) is 0 Å². The zero-order chi connectivity index (χ0) is 19.1. The van der Waals surface area contributed by atoms with Gasteiger partial charge in [-0.1, -0.05) is 48.9 Å². The number of amides is 1. The van der Waals surface area contributed by atoms with Gasteiger partial charge in [-0.2, -0.15) is 0 Å². The molecule has 27 heavy (non-hydrogen) atoms. The van der Waals surface area contributed by atoms with Gasteiger partial charge in [-0.3, -0.25) is 9.78 Å². The number of hydrogen-bond acceptors (Lipinski definition) is 3. The van der Waals surface area contributed by atoms with Crippen molar-refractivity contribution in [2.45, 2.75) is 39.3 Å². The highest BCUT2D eigenvalue weighted by atomic mass is 35.5. The molecular weight excluding hydrogens is 376 g/mol. The van der Waals surface area contributed by atoms with E-state index in [0.29, 0.717) is 25.9 Å². The molecule has 0 spiro atoms. The van der Waals surface area contributed by atoms with Crippen LogP contribution in [-0.2, 0) is 30.7 Å². The molecule has 140 valence electrons. The predicted octanol–water partition coefficient (Wildman–Crippen LogP) is 5.52. The van der Waals surface area contributed by atoms with Crippen LogP contribution in [0.5, 0.6) is 0 Å². The molecule has 0 N–H and O–H groups in total. The molecule has 1 aromatic carbocycles. The van der Waals surface area contributed by atoms with Gasteiger partial charge in [0.25, 0.3) is 0 Å². The molecule has 0 unspecified atom stereocenters. The highest BCUT2D eigenvalue weighted by molar-refractivity contribution is 7.16. The third-order valence-electron chi connectivity index (χ3n) is 4.47. The summed E-state index contributed by atoms with van der Waals surface area (Å²) in [6, 6.07) is 16.3. The average molecular weight is 399 g/mol. The van der Waals surface area contributed by atoms with Crippen molar-refractivity contribution in [1.82, 2.24) is 9.88 Å². The molecule has 3 nitrogen and oxygen atoms in total. The number of rotatable bonds is 8. The topological polar surface area (TPSA) is 33.2 Å². The fourth-order valence-corrected chi connectivity index (χ4v) is 4.01. The Labute approximate surface area is 169 Å². The zero-order valence-electron chi connectivity index (χ0n) is 15.4. The van der Waals surface area contributed by atoms with Crippen molar-refractivity contribution < 1.29 is 4.79 Å². The van der Waals surface area contributed by atoms with E-state index >= 15 is 0 Å². The smallest absolute Gasteiger partial charge is 0.223 e. The Kier molecular flexibility index (Phi) is 7.02. The minimum atomic E-state index is 0.142. The van der Waals surface area contributed by atoms with Crippen molar-refractivity contribution in [3.63, 3.8) is 0 Å². The molecule has 0 saturated carbocycles. The summed E-state index contributed by atoms with van der Waals surface area (Å²) in [4.78, 5) is 20.2. The number of aryl methyl sites for hydroxylation is 2. The Morgan fingerprint density at radius 3 is 2.41 bits per heavy atom. The molecule has 0 aliphatic heterocycles. The van der Waals surface area contributed by atoms with Gasteiger partial charge in [0.2, 0.25) is 5.91 Å². The molecule has 0 radical (unpaired) electrons. The SMILES string of the molecule is CCc1ccc(CN(Cc2cccnc2)C(=O)CCc2ccc(Cl)s2)cc1. The highest BCUT2D eigenvalue weighted by Gasteiger charge is 2.15. The van der Waals surface area contributed by atoms with E-state index in [-0.39, 0.29) is 5.91 Å². The maximum atomic E-state index is 12.9. The molecule has 5 heteroatoms. The normalized spacial score (nSPS) is 10.7. The number of pyridine rings is 1. The number of aromatic nitrogens is 1. The standard InChI is InChI=1S/C22H23ClN2OS/c1-2-17-5-7-18(8-6-17)15-25(16-19-4-3-13-24-14-19)22(26)12-10-20-9-11-21(23)27-20/h3-9,11,13-14H,2,10,12,15-16H2,1H3. The molecule has 2 heterocycles. The minimum Gasteiger partial charge on any atom is -0.334 e. The van der Waals surface area contributed by atoms with Crippen LogP contribution in [0.2, 0.25) is 4.34 Å². The summed E-state index contributed by atoms with van der Waals surface area (Å²) in [6.45, 7) is 3.31. The molecule has 1 amide bonds. The number of hydrogen-bond donors (Lipinski definition) is 0. The maximum Gasteiger partial charge on any atom is 0.223 e. The average Bonchev–Trinajstić information content (AvgIpc) is 3.12. The van der Waals surface area contributed by atoms with Gasteiger partial charge in [-0.25, -0.2) is 0 Å². The first-order valence-electron chi connectivity index (χ1n) is 9.12. The quantitative estimate of drug-likeness (QED) is 0.500. The Hall–Kier alpha value is -2.17. The molecule has 3 aromatic rings. The lowest BCUT2D eigenvalue weighted by atomic mass is 10.1. The molecule has 0 aliphatic carbocycles. The summed E-state index contributed by atoms with van der Waals surface area (Å²) < 4.78 is 0.765. The van der Waals surface area contributed by atoms with Crippen molar-refractivity contribution in [2.24, 2.45) is 0 Å². The summed E-state index contributed by atoms with van der Waals surface area (Å²) in [7, 11) is 0. The van der Waals surface area contributed by atoms with E-state index in [0.717, 1.165) is 26.8 Å². The van der Waals surface area contributed by atoms with Crippen LogP contribution in [0, 0.1) is 0 Å². The summed E-state index contributed by atoms with van der Waals surface area (Å²) in [5, 5.41) is 0. The van der Waals surface area contributed by atoms with Crippen LogP contribution < -0.4 is 0 Å². The van der Waals surface area contributed by atoms with E-state index in [4.69, 9.17) is 11.6 Å². The summed E-state index contributed by atoms with van der Waals surface area (Å²) >= 11 is 7.53. The van der Waals surface area contributed by atoms with Crippen molar-refractivity contribution in [1.29, 1.82) is 0 Å². The van der Waals surface area contributed by atoms with E-state index in [1.165, 1.54) is 16.9 Å². The van der Waals surface area contributed by atoms with Gasteiger partial charge >= 0.3 is 0 Å². The van der Waals surface area contributed by atoms with E-state index in [9.17, 15) is 4.79 Å². The number of carbonyl (C=O) groups excluding carboxylic acids is 1. The molecule has 0 aliphatic rings. The summed E-state index contributed by atoms with van der Waals surface area (Å²) in [5.41, 5.74) is 3.48. The maximum absolute atomic E-state index is 12.9. The molecule has 2 aromatic heterocycles. The van der Waals surface area contributed by atoms with Crippen LogP contribution in [0.4, 0.5) is 0 Å². The monoisotopic (exact) mass is 398 g/mol. The van der Waals surface area contributed by atoms with E-state index in [1.54, 1.807) is 6.20 Å². The van der Waals surface area contributed by atoms with Crippen molar-refractivity contribution in [3.8, 4) is 0 Å². The van der Waals surface area contributed by atoms with Gasteiger partial charge in [-0.05, 0) is 47.7 Å². The Bertz CT molecular complexity index is 862. The first kappa shape index (κ1) is 19.6.